The second-order valence-electron chi connectivity index (χ2n) is 4.25. The van der Waals surface area contributed by atoms with Gasteiger partial charge in [-0.1, -0.05) is 6.92 Å². The Morgan fingerprint density at radius 1 is 1.47 bits per heavy atom. The Hall–Kier alpha value is -1.64. The third-order valence-electron chi connectivity index (χ3n) is 2.92. The number of hydrogen-bond donors (Lipinski definition) is 1. The average Bonchev–Trinajstić information content (AvgIpc) is 2.47. The van der Waals surface area contributed by atoms with E-state index < -0.39 is 6.10 Å². The first-order chi connectivity index (χ1) is 9.22. The number of hydrogen-bond acceptors (Lipinski definition) is 5. The molecule has 0 bridgehead atoms. The van der Waals surface area contributed by atoms with E-state index in [1.807, 2.05) is 19.1 Å². The molecule has 0 amide bonds. The van der Waals surface area contributed by atoms with Crippen LogP contribution >= 0.6 is 0 Å². The van der Waals surface area contributed by atoms with Gasteiger partial charge in [0.1, 0.15) is 0 Å². The first-order valence-corrected chi connectivity index (χ1v) is 6.47. The van der Waals surface area contributed by atoms with Crippen molar-refractivity contribution in [3.05, 3.63) is 24.0 Å². The molecule has 1 aromatic heterocycles. The van der Waals surface area contributed by atoms with Crippen molar-refractivity contribution < 1.29 is 9.84 Å². The Balaban J connectivity index is 2.75. The van der Waals surface area contributed by atoms with Crippen molar-refractivity contribution in [3.63, 3.8) is 0 Å². The van der Waals surface area contributed by atoms with Gasteiger partial charge in [-0.2, -0.15) is 5.26 Å². The van der Waals surface area contributed by atoms with Gasteiger partial charge in [-0.05, 0) is 18.6 Å². The first kappa shape index (κ1) is 15.4. The van der Waals surface area contributed by atoms with Crippen LogP contribution in [0.4, 0.5) is 5.69 Å². The van der Waals surface area contributed by atoms with E-state index in [2.05, 4.69) is 16.0 Å². The molecule has 0 spiro atoms. The molecule has 0 unspecified atom stereocenters. The van der Waals surface area contributed by atoms with Gasteiger partial charge in [-0.15, -0.1) is 0 Å². The van der Waals surface area contributed by atoms with E-state index in [4.69, 9.17) is 10.00 Å². The monoisotopic (exact) mass is 263 g/mol. The largest absolute Gasteiger partial charge is 0.387 e. The predicted molar refractivity (Wildman–Crippen MR) is 73.8 cm³/mol. The number of nitrogens with zero attached hydrogens (tertiary/aromatic N) is 3. The average molecular weight is 263 g/mol. The molecule has 0 radical (unpaired) electrons. The van der Waals surface area contributed by atoms with Gasteiger partial charge < -0.3 is 14.7 Å². The maximum absolute atomic E-state index is 9.70. The summed E-state index contributed by atoms with van der Waals surface area (Å²) in [6, 6.07) is 5.89. The first-order valence-electron chi connectivity index (χ1n) is 6.47. The standard InChI is InChI=1S/C14H21N3O2/c1-3-14(18)13-6-5-12(11-16-13)17(8-4-7-15)9-10-19-2/h5-6,11,14,18H,3-4,8-10H2,1-2H3/t14-/m1/s1. The van der Waals surface area contributed by atoms with Gasteiger partial charge in [0.15, 0.2) is 0 Å². The normalized spacial score (nSPS) is 11.9. The van der Waals surface area contributed by atoms with Crippen LogP contribution in [0.1, 0.15) is 31.6 Å². The van der Waals surface area contributed by atoms with E-state index in [9.17, 15) is 5.11 Å². The molecule has 0 aliphatic carbocycles. The summed E-state index contributed by atoms with van der Waals surface area (Å²) >= 11 is 0. The molecule has 0 aliphatic rings. The highest BCUT2D eigenvalue weighted by molar-refractivity contribution is 5.44. The maximum Gasteiger partial charge on any atom is 0.0957 e. The van der Waals surface area contributed by atoms with Gasteiger partial charge in [0.25, 0.3) is 0 Å². The number of aliphatic hydroxyl groups is 1. The number of aliphatic hydroxyl groups excluding tert-OH is 1. The third-order valence-corrected chi connectivity index (χ3v) is 2.92. The SMILES string of the molecule is CC[C@@H](O)c1ccc(N(CCC#N)CCOC)cn1. The summed E-state index contributed by atoms with van der Waals surface area (Å²) in [6.45, 7) is 3.88. The Morgan fingerprint density at radius 2 is 2.26 bits per heavy atom. The maximum atomic E-state index is 9.70. The van der Waals surface area contributed by atoms with Crippen LogP contribution in [0.3, 0.4) is 0 Å². The van der Waals surface area contributed by atoms with Gasteiger partial charge in [0, 0.05) is 20.2 Å². The molecular weight excluding hydrogens is 242 g/mol. The van der Waals surface area contributed by atoms with E-state index in [-0.39, 0.29) is 0 Å². The van der Waals surface area contributed by atoms with E-state index in [0.29, 0.717) is 31.7 Å². The number of pyridine rings is 1. The fourth-order valence-corrected chi connectivity index (χ4v) is 1.75. The minimum Gasteiger partial charge on any atom is -0.387 e. The molecule has 0 saturated carbocycles. The van der Waals surface area contributed by atoms with Crippen molar-refractivity contribution >= 4 is 5.69 Å². The fraction of sp³-hybridized carbons (Fsp3) is 0.571. The summed E-state index contributed by atoms with van der Waals surface area (Å²) in [6.07, 6.45) is 2.33. The molecular formula is C14H21N3O2. The Labute approximate surface area is 114 Å². The zero-order chi connectivity index (χ0) is 14.1. The summed E-state index contributed by atoms with van der Waals surface area (Å²) in [5.41, 5.74) is 1.62. The minimum atomic E-state index is -0.513. The fourth-order valence-electron chi connectivity index (χ4n) is 1.75. The lowest BCUT2D eigenvalue weighted by Crippen LogP contribution is -2.28. The summed E-state index contributed by atoms with van der Waals surface area (Å²) < 4.78 is 5.07. The van der Waals surface area contributed by atoms with E-state index >= 15 is 0 Å². The topological polar surface area (TPSA) is 69.4 Å². The van der Waals surface area contributed by atoms with Crippen LogP contribution in [0.5, 0.6) is 0 Å². The molecule has 0 fully saturated rings. The van der Waals surface area contributed by atoms with Crippen LogP contribution in [0, 0.1) is 11.3 Å². The van der Waals surface area contributed by atoms with Crippen LogP contribution in [0.15, 0.2) is 18.3 Å². The van der Waals surface area contributed by atoms with Crippen molar-refractivity contribution in [2.45, 2.75) is 25.9 Å². The molecule has 0 aliphatic heterocycles. The number of methoxy groups -OCH3 is 1. The number of anilines is 1. The summed E-state index contributed by atoms with van der Waals surface area (Å²) in [4.78, 5) is 6.33. The third kappa shape index (κ3) is 4.86. The molecule has 5 nitrogen and oxygen atoms in total. The van der Waals surface area contributed by atoms with E-state index in [0.717, 1.165) is 12.2 Å². The molecule has 1 aromatic rings. The minimum absolute atomic E-state index is 0.461. The molecule has 1 atom stereocenters. The second-order valence-corrected chi connectivity index (χ2v) is 4.25. The van der Waals surface area contributed by atoms with Crippen LogP contribution in [0.25, 0.3) is 0 Å². The molecule has 1 heterocycles. The van der Waals surface area contributed by atoms with Gasteiger partial charge in [0.2, 0.25) is 0 Å². The lowest BCUT2D eigenvalue weighted by molar-refractivity contribution is 0.169. The smallest absolute Gasteiger partial charge is 0.0957 e. The number of ether oxygens (including phenoxy) is 1. The molecule has 19 heavy (non-hydrogen) atoms. The van der Waals surface area contributed by atoms with Gasteiger partial charge in [-0.25, -0.2) is 0 Å². The zero-order valence-corrected chi connectivity index (χ0v) is 11.5. The predicted octanol–water partition coefficient (Wildman–Crippen LogP) is 1.89. The van der Waals surface area contributed by atoms with Crippen molar-refractivity contribution in [1.82, 2.24) is 4.98 Å². The van der Waals surface area contributed by atoms with Crippen molar-refractivity contribution in [2.24, 2.45) is 0 Å². The van der Waals surface area contributed by atoms with E-state index in [1.165, 1.54) is 0 Å². The van der Waals surface area contributed by atoms with Crippen LogP contribution < -0.4 is 4.90 Å². The Kier molecular flexibility index (Phi) is 6.86. The van der Waals surface area contributed by atoms with Gasteiger partial charge in [-0.3, -0.25) is 4.98 Å². The van der Waals surface area contributed by atoms with Crippen molar-refractivity contribution in [2.75, 3.05) is 31.7 Å². The zero-order valence-electron chi connectivity index (χ0n) is 11.5. The summed E-state index contributed by atoms with van der Waals surface area (Å²) in [5, 5.41) is 18.4. The summed E-state index contributed by atoms with van der Waals surface area (Å²) in [7, 11) is 1.65. The number of nitriles is 1. The molecule has 0 saturated heterocycles. The second kappa shape index (κ2) is 8.46. The number of rotatable bonds is 8. The Morgan fingerprint density at radius 3 is 2.79 bits per heavy atom. The highest BCUT2D eigenvalue weighted by Crippen LogP contribution is 2.18. The van der Waals surface area contributed by atoms with Crippen LogP contribution in [-0.2, 0) is 4.74 Å². The van der Waals surface area contributed by atoms with Gasteiger partial charge in [0.05, 0.1) is 42.8 Å². The molecule has 1 N–H and O–H groups in total. The quantitative estimate of drug-likeness (QED) is 0.775. The summed E-state index contributed by atoms with van der Waals surface area (Å²) in [5.74, 6) is 0. The molecule has 104 valence electrons. The lowest BCUT2D eigenvalue weighted by atomic mass is 10.2. The molecule has 1 rings (SSSR count). The number of aromatic nitrogens is 1. The highest BCUT2D eigenvalue weighted by atomic mass is 16.5. The lowest BCUT2D eigenvalue weighted by Gasteiger charge is -2.23. The van der Waals surface area contributed by atoms with Gasteiger partial charge >= 0.3 is 0 Å². The Bertz CT molecular complexity index is 400. The molecule has 5 heteroatoms. The van der Waals surface area contributed by atoms with E-state index in [1.54, 1.807) is 13.3 Å². The highest BCUT2D eigenvalue weighted by Gasteiger charge is 2.09. The van der Waals surface area contributed by atoms with Crippen molar-refractivity contribution in [3.8, 4) is 6.07 Å². The van der Waals surface area contributed by atoms with Crippen LogP contribution in [-0.4, -0.2) is 36.9 Å². The van der Waals surface area contributed by atoms with Crippen LogP contribution in [0.2, 0.25) is 0 Å². The van der Waals surface area contributed by atoms with Crippen molar-refractivity contribution in [1.29, 1.82) is 5.26 Å². The molecule has 0 aromatic carbocycles.